The molecule has 2 aliphatic heterocycles. The Morgan fingerprint density at radius 2 is 1.17 bits per heavy atom. The highest BCUT2D eigenvalue weighted by Gasteiger charge is 2.30. The monoisotopic (exact) mass is 1040 g/mol. The molecule has 6 aromatic rings. The first-order valence-electron chi connectivity index (χ1n) is 23.1. The number of aromatic nitrogens is 4. The summed E-state index contributed by atoms with van der Waals surface area (Å²) in [6, 6.07) is 24.5. The van der Waals surface area contributed by atoms with Gasteiger partial charge in [0.1, 0.15) is 34.9 Å². The van der Waals surface area contributed by atoms with Gasteiger partial charge in [-0.25, -0.2) is 28.7 Å². The highest BCUT2D eigenvalue weighted by molar-refractivity contribution is 8.00. The van der Waals surface area contributed by atoms with Crippen LogP contribution in [0, 0.1) is 22.5 Å². The van der Waals surface area contributed by atoms with Gasteiger partial charge < -0.3 is 47.1 Å². The molecule has 8 rings (SSSR count). The molecule has 0 atom stereocenters. The van der Waals surface area contributed by atoms with Crippen LogP contribution in [0.4, 0.5) is 43.4 Å². The molecule has 0 radical (unpaired) electrons. The predicted molar refractivity (Wildman–Crippen MR) is 292 cm³/mol. The summed E-state index contributed by atoms with van der Waals surface area (Å²) >= 11 is 14.2. The van der Waals surface area contributed by atoms with E-state index in [1.807, 2.05) is 62.4 Å². The lowest BCUT2D eigenvalue weighted by molar-refractivity contribution is 0.0398. The minimum atomic E-state index is -0.345. The van der Waals surface area contributed by atoms with Crippen LogP contribution >= 0.6 is 47.1 Å². The average molecular weight is 1050 g/mol. The Bertz CT molecular complexity index is 2760. The summed E-state index contributed by atoms with van der Waals surface area (Å²) in [7, 11) is 0. The minimum absolute atomic E-state index is 0.248. The molecule has 2 aromatic heterocycles. The van der Waals surface area contributed by atoms with E-state index in [-0.39, 0.29) is 29.3 Å². The predicted octanol–water partition coefficient (Wildman–Crippen LogP) is 11.3. The lowest BCUT2D eigenvalue weighted by Crippen LogP contribution is -2.57. The molecule has 2 aliphatic rings. The van der Waals surface area contributed by atoms with Crippen LogP contribution in [0.3, 0.4) is 0 Å². The molecule has 0 amide bonds. The van der Waals surface area contributed by atoms with Crippen molar-refractivity contribution >= 4 is 93.2 Å². The summed E-state index contributed by atoms with van der Waals surface area (Å²) in [6.45, 7) is 18.3. The molecule has 4 aromatic carbocycles. The van der Waals surface area contributed by atoms with Gasteiger partial charge in [0.05, 0.1) is 40.2 Å². The number of ether oxygens (including phenoxy) is 1. The van der Waals surface area contributed by atoms with Crippen LogP contribution in [-0.2, 0) is 4.74 Å². The maximum Gasteiger partial charge on any atom is 0.163 e. The van der Waals surface area contributed by atoms with Gasteiger partial charge >= 0.3 is 0 Å². The molecule has 2 fully saturated rings. The fraction of sp³-hybridized carbons (Fsp3) is 0.320. The van der Waals surface area contributed by atoms with Crippen LogP contribution in [0.2, 0.25) is 10.0 Å². The number of rotatable bonds is 17. The number of halogens is 4. The normalized spacial score (nSPS) is 13.8. The van der Waals surface area contributed by atoms with Crippen molar-refractivity contribution in [2.24, 2.45) is 0 Å². The van der Waals surface area contributed by atoms with Crippen molar-refractivity contribution in [3.63, 3.8) is 0 Å². The number of morpholine rings is 1. The van der Waals surface area contributed by atoms with E-state index in [4.69, 9.17) is 55.2 Å². The molecule has 0 aliphatic carbocycles. The van der Waals surface area contributed by atoms with Gasteiger partial charge in [0, 0.05) is 89.3 Å². The first-order valence-corrected chi connectivity index (χ1v) is 25.5. The van der Waals surface area contributed by atoms with E-state index < -0.39 is 0 Å². The number of hydrogen-bond donors (Lipinski definition) is 8. The molecule has 71 heavy (non-hydrogen) atoms. The molecule has 2 saturated heterocycles. The zero-order valence-electron chi connectivity index (χ0n) is 40.5. The molecule has 15 nitrogen and oxygen atoms in total. The minimum Gasteiger partial charge on any atom is -0.383 e. The zero-order chi connectivity index (χ0) is 51.2. The number of nitrogen functional groups attached to an aromatic ring is 2. The molecule has 0 saturated carbocycles. The average Bonchev–Trinajstić information content (AvgIpc) is 3.34. The Kier molecular flexibility index (Phi) is 20.0. The van der Waals surface area contributed by atoms with Gasteiger partial charge in [0.2, 0.25) is 0 Å². The van der Waals surface area contributed by atoms with Crippen LogP contribution < -0.4 is 31.5 Å². The molecule has 4 heterocycles. The zero-order valence-corrected chi connectivity index (χ0v) is 43.6. The van der Waals surface area contributed by atoms with E-state index in [1.54, 1.807) is 26.0 Å². The number of benzene rings is 4. The first-order chi connectivity index (χ1) is 34.1. The van der Waals surface area contributed by atoms with Crippen molar-refractivity contribution in [2.75, 3.05) is 84.0 Å². The summed E-state index contributed by atoms with van der Waals surface area (Å²) in [5.74, 6) is 1.90. The van der Waals surface area contributed by atoms with Crippen LogP contribution in [0.1, 0.15) is 52.7 Å². The molecule has 0 bridgehead atoms. The van der Waals surface area contributed by atoms with Crippen LogP contribution in [0.5, 0.6) is 0 Å². The van der Waals surface area contributed by atoms with Crippen molar-refractivity contribution < 1.29 is 13.5 Å². The van der Waals surface area contributed by atoms with Gasteiger partial charge in [-0.2, -0.15) is 0 Å². The lowest BCUT2D eigenvalue weighted by atomic mass is 10.1. The van der Waals surface area contributed by atoms with Gasteiger partial charge in [-0.1, -0.05) is 37.0 Å². The third-order valence-corrected chi connectivity index (χ3v) is 13.3. The topological polar surface area (TPSA) is 215 Å². The third-order valence-electron chi connectivity index (χ3n) is 11.1. The van der Waals surface area contributed by atoms with E-state index in [0.717, 1.165) is 92.3 Å². The van der Waals surface area contributed by atoms with Crippen LogP contribution in [-0.4, -0.2) is 106 Å². The summed E-state index contributed by atoms with van der Waals surface area (Å²) in [4.78, 5) is 23.8. The maximum absolute atomic E-state index is 13.9. The standard InChI is InChI=1S/C24H27ClFN7OS.C24H27ClFN7S.C2H6/c1-15(27)21-22(28)30-23(31-24(21)29-8-9-33-10-12-34-13-11-33)16-2-5-18(6-3-16)32-35-20-14-17(25)4-7-19(20)26;1-13(2)33-11-18(12-33)29-24-21(14(3)27)22(28)30-23(31-24)15-4-7-17(8-5-15)32-34-20-10-16(25)6-9-19(20)26;1-2/h2-7,14,27,32H,8-13H2,1H3,(H3,28,29,30,31);4-10,13,18,27,32H,11-12H2,1-3H3,(H3,28,29,30,31);1-2H3. The van der Waals surface area contributed by atoms with E-state index >= 15 is 0 Å². The second-order valence-electron chi connectivity index (χ2n) is 16.5. The molecular weight excluding hydrogens is 986 g/mol. The van der Waals surface area contributed by atoms with Crippen LogP contribution in [0.15, 0.2) is 94.7 Å². The van der Waals surface area contributed by atoms with Crippen LogP contribution in [0.25, 0.3) is 22.8 Å². The van der Waals surface area contributed by atoms with Crippen molar-refractivity contribution in [3.8, 4) is 22.8 Å². The van der Waals surface area contributed by atoms with Crippen molar-refractivity contribution in [1.82, 2.24) is 29.7 Å². The molecule has 21 heteroatoms. The summed E-state index contributed by atoms with van der Waals surface area (Å²) < 4.78 is 39.5. The largest absolute Gasteiger partial charge is 0.383 e. The molecule has 0 unspecified atom stereocenters. The number of anilines is 6. The Balaban J connectivity index is 0.000000225. The summed E-state index contributed by atoms with van der Waals surface area (Å²) in [5.41, 5.74) is 17.2. The maximum atomic E-state index is 13.9. The first kappa shape index (κ1) is 54.5. The lowest BCUT2D eigenvalue weighted by Gasteiger charge is -2.42. The quantitative estimate of drug-likeness (QED) is 0.0315. The van der Waals surface area contributed by atoms with Gasteiger partial charge in [-0.15, -0.1) is 0 Å². The molecule has 10 N–H and O–H groups in total. The van der Waals surface area contributed by atoms with Gasteiger partial charge in [0.15, 0.2) is 11.6 Å². The van der Waals surface area contributed by atoms with Gasteiger partial charge in [0.25, 0.3) is 0 Å². The smallest absolute Gasteiger partial charge is 0.163 e. The van der Waals surface area contributed by atoms with E-state index in [1.165, 1.54) is 24.3 Å². The molecule has 376 valence electrons. The Hall–Kier alpha value is -5.80. The third kappa shape index (κ3) is 15.1. The number of nitrogens with two attached hydrogens (primary N) is 2. The van der Waals surface area contributed by atoms with Crippen molar-refractivity contribution in [1.29, 1.82) is 10.8 Å². The highest BCUT2D eigenvalue weighted by Crippen LogP contribution is 2.32. The number of nitrogens with zero attached hydrogens (tertiary/aromatic N) is 6. The van der Waals surface area contributed by atoms with E-state index in [0.29, 0.717) is 78.3 Å². The summed E-state index contributed by atoms with van der Waals surface area (Å²) in [6.07, 6.45) is 0. The van der Waals surface area contributed by atoms with E-state index in [9.17, 15) is 8.78 Å². The van der Waals surface area contributed by atoms with Gasteiger partial charge in [-0.05, 0) is 137 Å². The Labute approximate surface area is 433 Å². The van der Waals surface area contributed by atoms with E-state index in [2.05, 4.69) is 58.7 Å². The molecule has 0 spiro atoms. The Morgan fingerprint density at radius 3 is 1.62 bits per heavy atom. The second kappa shape index (κ2) is 26.1. The van der Waals surface area contributed by atoms with Gasteiger partial charge in [-0.3, -0.25) is 9.80 Å². The number of likely N-dealkylation sites (tertiary alicyclic amines) is 1. The summed E-state index contributed by atoms with van der Waals surface area (Å²) in [5, 5.41) is 24.0. The number of nitrogens with one attached hydrogen (secondary N) is 6. The Morgan fingerprint density at radius 1 is 0.718 bits per heavy atom. The fourth-order valence-corrected chi connectivity index (χ4v) is 9.18. The van der Waals surface area contributed by atoms with Crippen molar-refractivity contribution in [2.45, 2.75) is 63.4 Å². The molecular formula is C50H60Cl2F2N14OS2. The fourth-order valence-electron chi connectivity index (χ4n) is 7.28. The van der Waals surface area contributed by atoms with Crippen molar-refractivity contribution in [3.05, 3.63) is 118 Å². The highest BCUT2D eigenvalue weighted by atomic mass is 35.5. The number of hydrogen-bond acceptors (Lipinski definition) is 17. The second-order valence-corrected chi connectivity index (χ2v) is 19.1. The SMILES string of the molecule is CC.CC(=N)c1c(N)nc(-c2ccc(NSc3cc(Cl)ccc3F)cc2)nc1NC1CN(C(C)C)C1.CC(=N)c1c(N)nc(-c2ccc(NSc3cc(Cl)ccc3F)cc2)nc1NCCN1CCOCC1.